The van der Waals surface area contributed by atoms with Crippen molar-refractivity contribution in [3.63, 3.8) is 0 Å². The SMILES string of the molecule is Cc1nc(/C=C\C(=O)Nc2nc(-c3ccccc3C)cs2)cs1. The minimum atomic E-state index is -0.207. The maximum absolute atomic E-state index is 11.9. The van der Waals surface area contributed by atoms with Gasteiger partial charge in [-0.05, 0) is 25.5 Å². The third-order valence-corrected chi connectivity index (χ3v) is 4.75. The first kappa shape index (κ1) is 15.6. The topological polar surface area (TPSA) is 54.9 Å². The number of nitrogens with one attached hydrogen (secondary N) is 1. The van der Waals surface area contributed by atoms with Crippen LogP contribution >= 0.6 is 22.7 Å². The molecule has 2 heterocycles. The van der Waals surface area contributed by atoms with E-state index in [4.69, 9.17) is 0 Å². The molecule has 2 aromatic heterocycles. The van der Waals surface area contributed by atoms with E-state index in [0.717, 1.165) is 27.5 Å². The van der Waals surface area contributed by atoms with Gasteiger partial charge in [0.05, 0.1) is 16.4 Å². The number of nitrogens with zero attached hydrogens (tertiary/aromatic N) is 2. The van der Waals surface area contributed by atoms with Crippen LogP contribution in [0.3, 0.4) is 0 Å². The fraction of sp³-hybridized carbons (Fsp3) is 0.118. The molecule has 0 saturated carbocycles. The Morgan fingerprint density at radius 1 is 1.13 bits per heavy atom. The summed E-state index contributed by atoms with van der Waals surface area (Å²) in [7, 11) is 0. The molecule has 1 aromatic carbocycles. The van der Waals surface area contributed by atoms with Crippen LogP contribution in [0.2, 0.25) is 0 Å². The zero-order valence-electron chi connectivity index (χ0n) is 12.7. The highest BCUT2D eigenvalue weighted by Crippen LogP contribution is 2.27. The number of hydrogen-bond acceptors (Lipinski definition) is 5. The van der Waals surface area contributed by atoms with Crippen LogP contribution in [-0.2, 0) is 4.79 Å². The summed E-state index contributed by atoms with van der Waals surface area (Å²) in [5, 5.41) is 8.22. The number of aryl methyl sites for hydroxylation is 2. The molecular formula is C17H15N3OS2. The van der Waals surface area contributed by atoms with Gasteiger partial charge in [-0.15, -0.1) is 22.7 Å². The summed E-state index contributed by atoms with van der Waals surface area (Å²) in [5.41, 5.74) is 3.91. The summed E-state index contributed by atoms with van der Waals surface area (Å²) in [6.07, 6.45) is 3.18. The molecule has 0 fully saturated rings. The molecule has 0 aliphatic carbocycles. The van der Waals surface area contributed by atoms with E-state index in [0.29, 0.717) is 5.13 Å². The lowest BCUT2D eigenvalue weighted by molar-refractivity contribution is -0.111. The lowest BCUT2D eigenvalue weighted by Gasteiger charge is -2.00. The zero-order valence-corrected chi connectivity index (χ0v) is 14.4. The van der Waals surface area contributed by atoms with Crippen LogP contribution in [0.5, 0.6) is 0 Å². The summed E-state index contributed by atoms with van der Waals surface area (Å²) in [5.74, 6) is -0.207. The summed E-state index contributed by atoms with van der Waals surface area (Å²) in [6.45, 7) is 3.98. The lowest BCUT2D eigenvalue weighted by atomic mass is 10.1. The van der Waals surface area contributed by atoms with E-state index in [1.165, 1.54) is 17.4 Å². The molecule has 0 bridgehead atoms. The smallest absolute Gasteiger partial charge is 0.250 e. The molecule has 4 nitrogen and oxygen atoms in total. The molecule has 0 aliphatic rings. The summed E-state index contributed by atoms with van der Waals surface area (Å²) >= 11 is 2.97. The zero-order chi connectivity index (χ0) is 16.2. The fourth-order valence-corrected chi connectivity index (χ4v) is 3.37. The summed E-state index contributed by atoms with van der Waals surface area (Å²) in [6, 6.07) is 8.06. The first-order valence-electron chi connectivity index (χ1n) is 7.04. The highest BCUT2D eigenvalue weighted by Gasteiger charge is 2.08. The molecule has 0 radical (unpaired) electrons. The number of aromatic nitrogens is 2. The van der Waals surface area contributed by atoms with Crippen LogP contribution < -0.4 is 5.32 Å². The van der Waals surface area contributed by atoms with E-state index in [9.17, 15) is 4.79 Å². The van der Waals surface area contributed by atoms with Crippen LogP contribution in [0.1, 0.15) is 16.3 Å². The quantitative estimate of drug-likeness (QED) is 0.709. The van der Waals surface area contributed by atoms with E-state index >= 15 is 0 Å². The summed E-state index contributed by atoms with van der Waals surface area (Å²) < 4.78 is 0. The van der Waals surface area contributed by atoms with E-state index in [-0.39, 0.29) is 5.91 Å². The number of anilines is 1. The monoisotopic (exact) mass is 341 g/mol. The number of carbonyl (C=O) groups excluding carboxylic acids is 1. The molecule has 0 saturated heterocycles. The van der Waals surface area contributed by atoms with Crippen molar-refractivity contribution < 1.29 is 4.79 Å². The molecule has 0 aliphatic heterocycles. The van der Waals surface area contributed by atoms with Gasteiger partial charge in [0.1, 0.15) is 0 Å². The Morgan fingerprint density at radius 2 is 1.96 bits per heavy atom. The molecule has 6 heteroatoms. The molecule has 116 valence electrons. The second kappa shape index (κ2) is 6.85. The Labute approximate surface area is 142 Å². The van der Waals surface area contributed by atoms with Gasteiger partial charge >= 0.3 is 0 Å². The second-order valence-electron chi connectivity index (χ2n) is 4.97. The van der Waals surface area contributed by atoms with Crippen LogP contribution in [-0.4, -0.2) is 15.9 Å². The molecule has 1 amide bonds. The van der Waals surface area contributed by atoms with Crippen molar-refractivity contribution in [3.05, 3.63) is 57.4 Å². The molecular weight excluding hydrogens is 326 g/mol. The minimum Gasteiger partial charge on any atom is -0.298 e. The molecule has 3 rings (SSSR count). The normalized spacial score (nSPS) is 11.0. The third-order valence-electron chi connectivity index (χ3n) is 3.20. The Morgan fingerprint density at radius 3 is 2.70 bits per heavy atom. The average Bonchev–Trinajstić information content (AvgIpc) is 3.15. The van der Waals surface area contributed by atoms with Crippen LogP contribution in [0.15, 0.2) is 41.1 Å². The number of benzene rings is 1. The fourth-order valence-electron chi connectivity index (χ4n) is 2.08. The highest BCUT2D eigenvalue weighted by atomic mass is 32.1. The molecule has 23 heavy (non-hydrogen) atoms. The van der Waals surface area contributed by atoms with E-state index < -0.39 is 0 Å². The Kier molecular flexibility index (Phi) is 4.64. The number of thiazole rings is 2. The molecule has 3 aromatic rings. The molecule has 0 atom stereocenters. The van der Waals surface area contributed by atoms with Crippen molar-refractivity contribution in [2.24, 2.45) is 0 Å². The van der Waals surface area contributed by atoms with Gasteiger partial charge in [-0.3, -0.25) is 10.1 Å². The predicted molar refractivity (Wildman–Crippen MR) is 96.8 cm³/mol. The number of rotatable bonds is 4. The van der Waals surface area contributed by atoms with E-state index in [1.54, 1.807) is 17.4 Å². The largest absolute Gasteiger partial charge is 0.298 e. The minimum absolute atomic E-state index is 0.207. The van der Waals surface area contributed by atoms with Gasteiger partial charge in [-0.25, -0.2) is 9.97 Å². The van der Waals surface area contributed by atoms with Gasteiger partial charge < -0.3 is 0 Å². The molecule has 0 unspecified atom stereocenters. The third kappa shape index (κ3) is 3.91. The number of carbonyl (C=O) groups is 1. The van der Waals surface area contributed by atoms with Crippen molar-refractivity contribution in [3.8, 4) is 11.3 Å². The average molecular weight is 341 g/mol. The van der Waals surface area contributed by atoms with E-state index in [1.807, 2.05) is 48.9 Å². The van der Waals surface area contributed by atoms with E-state index in [2.05, 4.69) is 15.3 Å². The van der Waals surface area contributed by atoms with Crippen molar-refractivity contribution in [2.45, 2.75) is 13.8 Å². The van der Waals surface area contributed by atoms with Crippen LogP contribution in [0.25, 0.3) is 17.3 Å². The Bertz CT molecular complexity index is 864. The van der Waals surface area contributed by atoms with Crippen molar-refractivity contribution in [1.82, 2.24) is 9.97 Å². The Hall–Kier alpha value is -2.31. The van der Waals surface area contributed by atoms with Gasteiger partial charge in [-0.1, -0.05) is 24.3 Å². The highest BCUT2D eigenvalue weighted by molar-refractivity contribution is 7.14. The first-order chi connectivity index (χ1) is 11.1. The molecule has 1 N–H and O–H groups in total. The van der Waals surface area contributed by atoms with Crippen molar-refractivity contribution in [2.75, 3.05) is 5.32 Å². The lowest BCUT2D eigenvalue weighted by Crippen LogP contribution is -2.07. The maximum atomic E-state index is 11.9. The van der Waals surface area contributed by atoms with Crippen LogP contribution in [0.4, 0.5) is 5.13 Å². The number of hydrogen-bond donors (Lipinski definition) is 1. The standard InChI is InChI=1S/C17H15N3OS2/c1-11-5-3-4-6-14(11)15-10-23-17(19-15)20-16(21)8-7-13-9-22-12(2)18-13/h3-10H,1-2H3,(H,19,20,21)/b8-7-. The van der Waals surface area contributed by atoms with Gasteiger partial charge in [0.25, 0.3) is 0 Å². The van der Waals surface area contributed by atoms with Crippen molar-refractivity contribution >= 4 is 39.8 Å². The van der Waals surface area contributed by atoms with Gasteiger partial charge in [0.15, 0.2) is 5.13 Å². The van der Waals surface area contributed by atoms with Gasteiger partial charge in [0, 0.05) is 22.4 Å². The second-order valence-corrected chi connectivity index (χ2v) is 6.89. The van der Waals surface area contributed by atoms with Crippen LogP contribution in [0, 0.1) is 13.8 Å². The maximum Gasteiger partial charge on any atom is 0.250 e. The van der Waals surface area contributed by atoms with Crippen molar-refractivity contribution in [1.29, 1.82) is 0 Å². The van der Waals surface area contributed by atoms with Gasteiger partial charge in [0.2, 0.25) is 5.91 Å². The summed E-state index contributed by atoms with van der Waals surface area (Å²) in [4.78, 5) is 20.7. The number of amides is 1. The molecule has 0 spiro atoms. The van der Waals surface area contributed by atoms with Gasteiger partial charge in [-0.2, -0.15) is 0 Å². The Balaban J connectivity index is 1.68. The predicted octanol–water partition coefficient (Wildman–Crippen LogP) is 4.54. The first-order valence-corrected chi connectivity index (χ1v) is 8.80.